The van der Waals surface area contributed by atoms with E-state index >= 15 is 0 Å². The van der Waals surface area contributed by atoms with Gasteiger partial charge in [-0.1, -0.05) is 30.3 Å². The molecule has 0 spiro atoms. The Morgan fingerprint density at radius 3 is 2.67 bits per heavy atom. The molecule has 0 saturated heterocycles. The molecule has 0 fully saturated rings. The first-order chi connectivity index (χ1) is 16.0. The van der Waals surface area contributed by atoms with E-state index in [0.29, 0.717) is 22.7 Å². The lowest BCUT2D eigenvalue weighted by Gasteiger charge is -2.05. The number of nitrogen functional groups attached to an aromatic ring is 1. The summed E-state index contributed by atoms with van der Waals surface area (Å²) in [5.41, 5.74) is 14.1. The number of carbonyl (C=O) groups excluding carboxylic acids is 1. The number of fused-ring (bicyclic) bond motifs is 1. The quantitative estimate of drug-likeness (QED) is 0.323. The van der Waals surface area contributed by atoms with E-state index in [0.717, 1.165) is 27.3 Å². The summed E-state index contributed by atoms with van der Waals surface area (Å²) in [6.07, 6.45) is 1.86. The molecule has 5 nitrogen and oxygen atoms in total. The number of thiazole rings is 1. The predicted octanol–water partition coefficient (Wildman–Crippen LogP) is 6.17. The Bertz CT molecular complexity index is 1510. The fraction of sp³-hybridized carbons (Fsp3) is 0.111. The molecule has 0 aliphatic heterocycles. The average molecular weight is 454 g/mol. The average Bonchev–Trinajstić information content (AvgIpc) is 3.42. The Morgan fingerprint density at radius 2 is 1.88 bits per heavy atom. The van der Waals surface area contributed by atoms with Crippen LogP contribution in [0.4, 0.5) is 5.69 Å². The van der Waals surface area contributed by atoms with Crippen molar-refractivity contribution in [1.82, 2.24) is 9.38 Å². The van der Waals surface area contributed by atoms with Crippen molar-refractivity contribution in [3.05, 3.63) is 94.6 Å². The molecule has 164 valence electrons. The van der Waals surface area contributed by atoms with Crippen LogP contribution in [0, 0.1) is 13.8 Å². The second-order valence-electron chi connectivity index (χ2n) is 7.99. The molecule has 0 aliphatic rings. The summed E-state index contributed by atoms with van der Waals surface area (Å²) in [5, 5.41) is 2.82. The Labute approximate surface area is 196 Å². The Hall–Kier alpha value is -3.90. The van der Waals surface area contributed by atoms with E-state index in [-0.39, 0.29) is 5.78 Å². The molecule has 3 heterocycles. The van der Waals surface area contributed by atoms with Crippen LogP contribution in [0.5, 0.6) is 5.75 Å². The minimum atomic E-state index is -0.162. The molecule has 0 radical (unpaired) electrons. The molecule has 6 heteroatoms. The zero-order valence-electron chi connectivity index (χ0n) is 18.6. The number of nitrogens with zero attached hydrogens (tertiary/aromatic N) is 2. The lowest BCUT2D eigenvalue weighted by molar-refractivity contribution is 0.103. The lowest BCUT2D eigenvalue weighted by atomic mass is 10.0. The molecule has 5 aromatic rings. The molecular formula is C27H23N3O2S. The van der Waals surface area contributed by atoms with Crippen LogP contribution >= 0.6 is 11.3 Å². The van der Waals surface area contributed by atoms with Crippen molar-refractivity contribution < 1.29 is 9.53 Å². The summed E-state index contributed by atoms with van der Waals surface area (Å²) in [6.45, 7) is 4.20. The van der Waals surface area contributed by atoms with Crippen LogP contribution < -0.4 is 10.5 Å². The fourth-order valence-corrected chi connectivity index (χ4v) is 4.90. The number of nitrogens with two attached hydrogens (primary N) is 1. The molecule has 0 amide bonds. The second-order valence-corrected chi connectivity index (χ2v) is 8.85. The van der Waals surface area contributed by atoms with Crippen molar-refractivity contribution in [2.75, 3.05) is 12.8 Å². The summed E-state index contributed by atoms with van der Waals surface area (Å²) in [5.74, 6) is 0.461. The molecule has 2 aromatic carbocycles. The Balaban J connectivity index is 1.65. The second kappa shape index (κ2) is 8.22. The van der Waals surface area contributed by atoms with Crippen LogP contribution in [0.2, 0.25) is 0 Å². The monoisotopic (exact) mass is 453 g/mol. The van der Waals surface area contributed by atoms with Gasteiger partial charge in [-0.05, 0) is 55.3 Å². The van der Waals surface area contributed by atoms with Crippen LogP contribution in [0.1, 0.15) is 27.2 Å². The third-order valence-electron chi connectivity index (χ3n) is 5.95. The lowest BCUT2D eigenvalue weighted by Crippen LogP contribution is -2.08. The number of aromatic nitrogens is 2. The number of aryl methyl sites for hydroxylation is 2. The van der Waals surface area contributed by atoms with Gasteiger partial charge in [0.25, 0.3) is 0 Å². The van der Waals surface area contributed by atoms with Crippen LogP contribution in [0.25, 0.3) is 27.3 Å². The van der Waals surface area contributed by atoms with Crippen molar-refractivity contribution in [3.8, 4) is 27.6 Å². The molecule has 0 aliphatic carbocycles. The van der Waals surface area contributed by atoms with Crippen molar-refractivity contribution in [2.24, 2.45) is 0 Å². The largest absolute Gasteiger partial charge is 0.497 e. The maximum Gasteiger partial charge on any atom is 0.212 e. The zero-order chi connectivity index (χ0) is 23.1. The first-order valence-electron chi connectivity index (χ1n) is 10.6. The standard InChI is InChI=1S/C27H23N3O2S/c1-16-10-11-18(13-17(16)2)21-15-33-27(29-21)23-22-9-4-5-12-30(22)25(24(23)28)26(31)19-7-6-8-20(14-19)32-3/h4-15H,28H2,1-3H3. The van der Waals surface area contributed by atoms with E-state index in [1.807, 2.05) is 40.2 Å². The molecule has 0 saturated carbocycles. The van der Waals surface area contributed by atoms with E-state index in [1.165, 1.54) is 22.5 Å². The number of ether oxygens (including phenoxy) is 1. The fourth-order valence-electron chi connectivity index (χ4n) is 4.01. The van der Waals surface area contributed by atoms with Gasteiger partial charge in [0.1, 0.15) is 16.5 Å². The van der Waals surface area contributed by atoms with Gasteiger partial charge < -0.3 is 14.9 Å². The molecule has 33 heavy (non-hydrogen) atoms. The molecule has 3 aromatic heterocycles. The van der Waals surface area contributed by atoms with Crippen LogP contribution in [-0.4, -0.2) is 22.3 Å². The Morgan fingerprint density at radius 1 is 1.03 bits per heavy atom. The molecule has 2 N–H and O–H groups in total. The van der Waals surface area contributed by atoms with E-state index in [1.54, 1.807) is 25.3 Å². The van der Waals surface area contributed by atoms with Gasteiger partial charge in [-0.2, -0.15) is 0 Å². The maximum absolute atomic E-state index is 13.5. The van der Waals surface area contributed by atoms with E-state index in [4.69, 9.17) is 15.5 Å². The number of hydrogen-bond acceptors (Lipinski definition) is 5. The zero-order valence-corrected chi connectivity index (χ0v) is 19.4. The normalized spacial score (nSPS) is 11.1. The smallest absolute Gasteiger partial charge is 0.212 e. The summed E-state index contributed by atoms with van der Waals surface area (Å²) in [7, 11) is 1.58. The number of pyridine rings is 1. The predicted molar refractivity (Wildman–Crippen MR) is 134 cm³/mol. The number of rotatable bonds is 5. The molecule has 0 bridgehead atoms. The first kappa shape index (κ1) is 21.0. The minimum absolute atomic E-state index is 0.162. The number of anilines is 1. The SMILES string of the molecule is COc1cccc(C(=O)c2c(N)c(-c3nc(-c4ccc(C)c(C)c4)cs3)c3ccccn23)c1. The topological polar surface area (TPSA) is 69.6 Å². The van der Waals surface area contributed by atoms with Gasteiger partial charge in [-0.3, -0.25) is 4.79 Å². The van der Waals surface area contributed by atoms with Gasteiger partial charge >= 0.3 is 0 Å². The number of benzene rings is 2. The number of methoxy groups -OCH3 is 1. The minimum Gasteiger partial charge on any atom is -0.497 e. The van der Waals surface area contributed by atoms with Crippen molar-refractivity contribution >= 4 is 28.3 Å². The van der Waals surface area contributed by atoms with Crippen molar-refractivity contribution in [1.29, 1.82) is 0 Å². The van der Waals surface area contributed by atoms with E-state index in [9.17, 15) is 4.79 Å². The van der Waals surface area contributed by atoms with Crippen molar-refractivity contribution in [3.63, 3.8) is 0 Å². The maximum atomic E-state index is 13.5. The van der Waals surface area contributed by atoms with Gasteiger partial charge in [0.05, 0.1) is 29.6 Å². The molecule has 0 atom stereocenters. The first-order valence-corrected chi connectivity index (χ1v) is 11.5. The third kappa shape index (κ3) is 3.58. The molecule has 5 rings (SSSR count). The highest BCUT2D eigenvalue weighted by atomic mass is 32.1. The summed E-state index contributed by atoms with van der Waals surface area (Å²) in [6, 6.07) is 19.2. The van der Waals surface area contributed by atoms with Gasteiger partial charge in [-0.15, -0.1) is 11.3 Å². The highest BCUT2D eigenvalue weighted by Crippen LogP contribution is 2.39. The molecule has 0 unspecified atom stereocenters. The summed E-state index contributed by atoms with van der Waals surface area (Å²) >= 11 is 1.53. The van der Waals surface area contributed by atoms with Gasteiger partial charge in [0.15, 0.2) is 0 Å². The van der Waals surface area contributed by atoms with Crippen LogP contribution in [0.3, 0.4) is 0 Å². The van der Waals surface area contributed by atoms with Gasteiger partial charge in [0, 0.05) is 22.7 Å². The third-order valence-corrected chi connectivity index (χ3v) is 6.81. The summed E-state index contributed by atoms with van der Waals surface area (Å²) < 4.78 is 7.15. The number of carbonyl (C=O) groups is 1. The number of ketones is 1. The van der Waals surface area contributed by atoms with Crippen LogP contribution in [-0.2, 0) is 0 Å². The Kier molecular flexibility index (Phi) is 5.23. The van der Waals surface area contributed by atoms with E-state index < -0.39 is 0 Å². The van der Waals surface area contributed by atoms with Gasteiger partial charge in [0.2, 0.25) is 5.78 Å². The van der Waals surface area contributed by atoms with Gasteiger partial charge in [-0.25, -0.2) is 4.98 Å². The highest BCUT2D eigenvalue weighted by Gasteiger charge is 2.25. The molecular weight excluding hydrogens is 430 g/mol. The number of hydrogen-bond donors (Lipinski definition) is 1. The highest BCUT2D eigenvalue weighted by molar-refractivity contribution is 7.13. The van der Waals surface area contributed by atoms with Crippen LogP contribution in [0.15, 0.2) is 72.2 Å². The van der Waals surface area contributed by atoms with E-state index in [2.05, 4.69) is 32.0 Å². The van der Waals surface area contributed by atoms with Crippen molar-refractivity contribution in [2.45, 2.75) is 13.8 Å². The summed E-state index contributed by atoms with van der Waals surface area (Å²) in [4.78, 5) is 18.4.